The monoisotopic (exact) mass is 301 g/mol. The Morgan fingerprint density at radius 1 is 1.38 bits per heavy atom. The Kier molecular flexibility index (Phi) is 3.59. The highest BCUT2D eigenvalue weighted by Crippen LogP contribution is 2.19. The van der Waals surface area contributed by atoms with Gasteiger partial charge in [0.05, 0.1) is 28.5 Å². The Hall–Kier alpha value is -2.39. The zero-order valence-electron chi connectivity index (χ0n) is 11.4. The third-order valence-corrected chi connectivity index (χ3v) is 3.43. The molecule has 21 heavy (non-hydrogen) atoms. The summed E-state index contributed by atoms with van der Waals surface area (Å²) in [5.41, 5.74) is 2.31. The number of aromatic nitrogens is 4. The fourth-order valence-electron chi connectivity index (χ4n) is 2.24. The quantitative estimate of drug-likeness (QED) is 0.692. The summed E-state index contributed by atoms with van der Waals surface area (Å²) in [6, 6.07) is 7.53. The molecule has 3 rings (SSSR count). The van der Waals surface area contributed by atoms with Crippen LogP contribution >= 0.6 is 11.6 Å². The summed E-state index contributed by atoms with van der Waals surface area (Å²) in [5, 5.41) is 12.8. The highest BCUT2D eigenvalue weighted by atomic mass is 35.5. The van der Waals surface area contributed by atoms with Crippen LogP contribution in [0.4, 0.5) is 0 Å². The Labute approximate surface area is 126 Å². The highest BCUT2D eigenvalue weighted by molar-refractivity contribution is 6.16. The molecule has 0 unspecified atom stereocenters. The molecule has 0 N–H and O–H groups in total. The first-order valence-corrected chi connectivity index (χ1v) is 6.99. The van der Waals surface area contributed by atoms with Gasteiger partial charge in [-0.05, 0) is 25.1 Å². The molecule has 2 heterocycles. The molecule has 0 radical (unpaired) electrons. The zero-order chi connectivity index (χ0) is 14.8. The molecular weight excluding hydrogens is 290 g/mol. The van der Waals surface area contributed by atoms with Crippen molar-refractivity contribution in [2.24, 2.45) is 0 Å². The van der Waals surface area contributed by atoms with E-state index in [9.17, 15) is 0 Å². The number of benzene rings is 1. The SMILES string of the molecule is Cc1noc(CCn2c(CCl)nc3ccc(C#N)cc32)n1. The lowest BCUT2D eigenvalue weighted by molar-refractivity contribution is 0.368. The van der Waals surface area contributed by atoms with Crippen molar-refractivity contribution in [2.45, 2.75) is 25.8 Å². The molecule has 106 valence electrons. The molecule has 3 aromatic rings. The first kappa shape index (κ1) is 13.6. The lowest BCUT2D eigenvalue weighted by Crippen LogP contribution is -2.05. The number of hydrogen-bond acceptors (Lipinski definition) is 5. The van der Waals surface area contributed by atoms with Crippen LogP contribution in [0.25, 0.3) is 11.0 Å². The lowest BCUT2D eigenvalue weighted by atomic mass is 10.2. The summed E-state index contributed by atoms with van der Waals surface area (Å²) < 4.78 is 7.10. The third kappa shape index (κ3) is 2.60. The number of rotatable bonds is 4. The van der Waals surface area contributed by atoms with Crippen LogP contribution in [0.3, 0.4) is 0 Å². The number of hydrogen-bond donors (Lipinski definition) is 0. The average Bonchev–Trinajstić information content (AvgIpc) is 3.07. The van der Waals surface area contributed by atoms with Gasteiger partial charge in [-0.25, -0.2) is 4.98 Å². The minimum atomic E-state index is 0.305. The summed E-state index contributed by atoms with van der Waals surface area (Å²) in [6.07, 6.45) is 0.590. The largest absolute Gasteiger partial charge is 0.339 e. The van der Waals surface area contributed by atoms with Crippen molar-refractivity contribution in [3.63, 3.8) is 0 Å². The first-order chi connectivity index (χ1) is 10.2. The molecule has 0 saturated heterocycles. The van der Waals surface area contributed by atoms with Gasteiger partial charge in [0.25, 0.3) is 0 Å². The van der Waals surface area contributed by atoms with Crippen molar-refractivity contribution in [3.8, 4) is 6.07 Å². The third-order valence-electron chi connectivity index (χ3n) is 3.19. The van der Waals surface area contributed by atoms with Gasteiger partial charge in [-0.3, -0.25) is 0 Å². The molecule has 0 atom stereocenters. The van der Waals surface area contributed by atoms with Crippen molar-refractivity contribution in [3.05, 3.63) is 41.3 Å². The zero-order valence-corrected chi connectivity index (χ0v) is 12.1. The van der Waals surface area contributed by atoms with Gasteiger partial charge in [0, 0.05) is 13.0 Å². The van der Waals surface area contributed by atoms with E-state index in [1.165, 1.54) is 0 Å². The van der Waals surface area contributed by atoms with Crippen LogP contribution in [0.1, 0.15) is 23.1 Å². The van der Waals surface area contributed by atoms with Gasteiger partial charge in [-0.15, -0.1) is 11.6 Å². The predicted octanol–water partition coefficient (Wildman–Crippen LogP) is 2.58. The molecule has 2 aromatic heterocycles. The van der Waals surface area contributed by atoms with Crippen molar-refractivity contribution in [1.29, 1.82) is 5.26 Å². The highest BCUT2D eigenvalue weighted by Gasteiger charge is 2.12. The maximum absolute atomic E-state index is 9.02. The van der Waals surface area contributed by atoms with Crippen molar-refractivity contribution >= 4 is 22.6 Å². The molecule has 0 fully saturated rings. The standard InChI is InChI=1S/C14H12ClN5O/c1-9-17-14(21-19-9)4-5-20-12-6-10(8-16)2-3-11(12)18-13(20)7-15/h2-3,6H,4-5,7H2,1H3. The predicted molar refractivity (Wildman–Crippen MR) is 76.7 cm³/mol. The molecular formula is C14H12ClN5O. The molecule has 0 aliphatic rings. The van der Waals surface area contributed by atoms with Crippen LogP contribution in [0, 0.1) is 18.3 Å². The van der Waals surface area contributed by atoms with E-state index in [-0.39, 0.29) is 0 Å². The summed E-state index contributed by atoms with van der Waals surface area (Å²) in [5.74, 6) is 2.26. The van der Waals surface area contributed by atoms with E-state index >= 15 is 0 Å². The Morgan fingerprint density at radius 3 is 2.90 bits per heavy atom. The number of nitriles is 1. The van der Waals surface area contributed by atoms with Crippen LogP contribution in [0.2, 0.25) is 0 Å². The van der Waals surface area contributed by atoms with E-state index < -0.39 is 0 Å². The molecule has 0 spiro atoms. The summed E-state index contributed by atoms with van der Waals surface area (Å²) in [7, 11) is 0. The van der Waals surface area contributed by atoms with E-state index in [0.29, 0.717) is 36.1 Å². The van der Waals surface area contributed by atoms with Gasteiger partial charge in [0.2, 0.25) is 5.89 Å². The minimum Gasteiger partial charge on any atom is -0.339 e. The lowest BCUT2D eigenvalue weighted by Gasteiger charge is -2.05. The van der Waals surface area contributed by atoms with E-state index in [2.05, 4.69) is 21.2 Å². The second kappa shape index (κ2) is 5.54. The van der Waals surface area contributed by atoms with Crippen molar-refractivity contribution in [2.75, 3.05) is 0 Å². The number of alkyl halides is 1. The molecule has 0 aliphatic carbocycles. The van der Waals surface area contributed by atoms with E-state index in [0.717, 1.165) is 16.9 Å². The molecule has 7 heteroatoms. The Balaban J connectivity index is 1.97. The van der Waals surface area contributed by atoms with Gasteiger partial charge in [-0.2, -0.15) is 10.2 Å². The van der Waals surface area contributed by atoms with Crippen LogP contribution < -0.4 is 0 Å². The number of aryl methyl sites for hydroxylation is 3. The Morgan fingerprint density at radius 2 is 2.24 bits per heavy atom. The van der Waals surface area contributed by atoms with Gasteiger partial charge >= 0.3 is 0 Å². The van der Waals surface area contributed by atoms with Gasteiger partial charge in [-0.1, -0.05) is 5.16 Å². The number of nitrogens with zero attached hydrogens (tertiary/aromatic N) is 5. The van der Waals surface area contributed by atoms with Crippen LogP contribution in [-0.4, -0.2) is 19.7 Å². The second-order valence-electron chi connectivity index (χ2n) is 4.61. The van der Waals surface area contributed by atoms with Crippen LogP contribution in [0.15, 0.2) is 22.7 Å². The van der Waals surface area contributed by atoms with Crippen molar-refractivity contribution < 1.29 is 4.52 Å². The van der Waals surface area contributed by atoms with Gasteiger partial charge in [0.1, 0.15) is 5.82 Å². The average molecular weight is 302 g/mol. The molecule has 0 saturated carbocycles. The fourth-order valence-corrected chi connectivity index (χ4v) is 2.45. The number of imidazole rings is 1. The van der Waals surface area contributed by atoms with Crippen LogP contribution in [-0.2, 0) is 18.8 Å². The minimum absolute atomic E-state index is 0.305. The fraction of sp³-hybridized carbons (Fsp3) is 0.286. The maximum Gasteiger partial charge on any atom is 0.228 e. The van der Waals surface area contributed by atoms with Crippen molar-refractivity contribution in [1.82, 2.24) is 19.7 Å². The topological polar surface area (TPSA) is 80.5 Å². The van der Waals surface area contributed by atoms with Crippen LogP contribution in [0.5, 0.6) is 0 Å². The molecule has 0 amide bonds. The van der Waals surface area contributed by atoms with E-state index in [1.807, 2.05) is 16.7 Å². The molecule has 1 aromatic carbocycles. The molecule has 6 nitrogen and oxygen atoms in total. The summed E-state index contributed by atoms with van der Waals surface area (Å²) in [4.78, 5) is 8.66. The Bertz CT molecular complexity index is 830. The second-order valence-corrected chi connectivity index (χ2v) is 4.88. The summed E-state index contributed by atoms with van der Waals surface area (Å²) >= 11 is 5.96. The van der Waals surface area contributed by atoms with Gasteiger partial charge < -0.3 is 9.09 Å². The first-order valence-electron chi connectivity index (χ1n) is 6.45. The maximum atomic E-state index is 9.02. The molecule has 0 bridgehead atoms. The van der Waals surface area contributed by atoms with E-state index in [4.69, 9.17) is 21.4 Å². The van der Waals surface area contributed by atoms with E-state index in [1.54, 1.807) is 13.0 Å². The smallest absolute Gasteiger partial charge is 0.228 e. The molecule has 0 aliphatic heterocycles. The van der Waals surface area contributed by atoms with Gasteiger partial charge in [0.15, 0.2) is 5.82 Å². The number of halogens is 1. The normalized spacial score (nSPS) is 10.9. The number of fused-ring (bicyclic) bond motifs is 1. The summed E-state index contributed by atoms with van der Waals surface area (Å²) in [6.45, 7) is 2.40.